The number of aromatic nitrogens is 2. The second kappa shape index (κ2) is 8.68. The van der Waals surface area contributed by atoms with E-state index >= 15 is 0 Å². The number of H-pyrrole nitrogens is 1. The van der Waals surface area contributed by atoms with Crippen molar-refractivity contribution in [2.45, 2.75) is 19.5 Å². The molecule has 0 radical (unpaired) electrons. The van der Waals surface area contributed by atoms with Gasteiger partial charge in [0.1, 0.15) is 0 Å². The minimum absolute atomic E-state index is 0. The molecule has 1 aliphatic rings. The number of amides is 3. The molecular weight excluding hydrogens is 356 g/mol. The Labute approximate surface area is 158 Å². The second-order valence-electron chi connectivity index (χ2n) is 6.16. The summed E-state index contributed by atoms with van der Waals surface area (Å²) in [5, 5.41) is 16.0. The Kier molecular flexibility index (Phi) is 6.59. The minimum Gasteiger partial charge on any atom is -0.347 e. The fourth-order valence-electron chi connectivity index (χ4n) is 2.67. The Morgan fingerprint density at radius 1 is 1.31 bits per heavy atom. The number of rotatable bonds is 4. The summed E-state index contributed by atoms with van der Waals surface area (Å²) in [5.41, 5.74) is 3.99. The van der Waals surface area contributed by atoms with E-state index in [1.54, 1.807) is 14.1 Å². The molecule has 0 saturated carbocycles. The average Bonchev–Trinajstić information content (AvgIpc) is 3.04. The van der Waals surface area contributed by atoms with Crippen molar-refractivity contribution in [1.82, 2.24) is 25.7 Å². The first-order chi connectivity index (χ1) is 12.0. The normalized spacial score (nSPS) is 12.5. The highest BCUT2D eigenvalue weighted by Crippen LogP contribution is 2.16. The van der Waals surface area contributed by atoms with Crippen molar-refractivity contribution in [2.75, 3.05) is 26.0 Å². The van der Waals surface area contributed by atoms with E-state index in [-0.39, 0.29) is 24.3 Å². The monoisotopic (exact) mass is 378 g/mol. The maximum Gasteiger partial charge on any atom is 0.321 e. The highest BCUT2D eigenvalue weighted by molar-refractivity contribution is 5.94. The molecule has 0 unspecified atom stereocenters. The average molecular weight is 379 g/mol. The number of halogens is 1. The molecule has 0 fully saturated rings. The first kappa shape index (κ1) is 19.7. The lowest BCUT2D eigenvalue weighted by Crippen LogP contribution is -2.28. The summed E-state index contributed by atoms with van der Waals surface area (Å²) >= 11 is 0. The van der Waals surface area contributed by atoms with E-state index in [0.29, 0.717) is 24.5 Å². The van der Waals surface area contributed by atoms with Gasteiger partial charge < -0.3 is 20.9 Å². The number of hydrogen-bond acceptors (Lipinski definition) is 4. The smallest absolute Gasteiger partial charge is 0.321 e. The van der Waals surface area contributed by atoms with Crippen LogP contribution in [-0.2, 0) is 19.5 Å². The molecule has 4 N–H and O–H groups in total. The van der Waals surface area contributed by atoms with Crippen LogP contribution in [0.5, 0.6) is 0 Å². The lowest BCUT2D eigenvalue weighted by Gasteiger charge is -2.14. The Bertz CT molecular complexity index is 789. The van der Waals surface area contributed by atoms with Gasteiger partial charge in [-0.05, 0) is 17.7 Å². The van der Waals surface area contributed by atoms with Gasteiger partial charge in [-0.25, -0.2) is 4.79 Å². The van der Waals surface area contributed by atoms with E-state index in [4.69, 9.17) is 0 Å². The molecule has 2 aromatic rings. The Balaban J connectivity index is 0.00000243. The van der Waals surface area contributed by atoms with Gasteiger partial charge in [0.15, 0.2) is 5.69 Å². The summed E-state index contributed by atoms with van der Waals surface area (Å²) in [6, 6.07) is 7.18. The van der Waals surface area contributed by atoms with Gasteiger partial charge in [-0.15, -0.1) is 12.4 Å². The Morgan fingerprint density at radius 2 is 2.12 bits per heavy atom. The van der Waals surface area contributed by atoms with Gasteiger partial charge in [0.05, 0.1) is 0 Å². The highest BCUT2D eigenvalue weighted by atomic mass is 35.5. The third-order valence-corrected chi connectivity index (χ3v) is 4.06. The number of anilines is 1. The van der Waals surface area contributed by atoms with Crippen LogP contribution in [0.25, 0.3) is 0 Å². The zero-order chi connectivity index (χ0) is 17.8. The first-order valence-electron chi connectivity index (χ1n) is 8.17. The summed E-state index contributed by atoms with van der Waals surface area (Å²) in [4.78, 5) is 25.6. The quantitative estimate of drug-likeness (QED) is 0.647. The summed E-state index contributed by atoms with van der Waals surface area (Å²) in [6.07, 6.45) is 0.850. The standard InChI is InChI=1S/C17H22N6O2.ClH/c1-23(2)17(25)20-12-5-3-4-11(8-12)9-19-16(24)15-13-10-18-7-6-14(13)21-22-15;/h3-5,8,18H,6-7,9-10H2,1-2H3,(H,19,24)(H,20,25)(H,21,22);1H. The summed E-state index contributed by atoms with van der Waals surface area (Å²) in [6.45, 7) is 1.90. The van der Waals surface area contributed by atoms with E-state index in [0.717, 1.165) is 29.8 Å². The molecule has 8 nitrogen and oxygen atoms in total. The van der Waals surface area contributed by atoms with Crippen molar-refractivity contribution in [3.63, 3.8) is 0 Å². The number of benzene rings is 1. The van der Waals surface area contributed by atoms with Crippen LogP contribution in [0, 0.1) is 0 Å². The van der Waals surface area contributed by atoms with E-state index < -0.39 is 0 Å². The van der Waals surface area contributed by atoms with Crippen molar-refractivity contribution >= 4 is 30.0 Å². The molecule has 140 valence electrons. The SMILES string of the molecule is CN(C)C(=O)Nc1cccc(CNC(=O)c2n[nH]c3c2CNCC3)c1.Cl. The number of hydrogen-bond donors (Lipinski definition) is 4. The minimum atomic E-state index is -0.205. The molecule has 0 atom stereocenters. The molecule has 0 spiro atoms. The van der Waals surface area contributed by atoms with Gasteiger partial charge in [0, 0.05) is 57.1 Å². The van der Waals surface area contributed by atoms with Gasteiger partial charge in [-0.2, -0.15) is 5.10 Å². The van der Waals surface area contributed by atoms with Gasteiger partial charge in [-0.1, -0.05) is 12.1 Å². The molecule has 3 rings (SSSR count). The van der Waals surface area contributed by atoms with Crippen molar-refractivity contribution < 1.29 is 9.59 Å². The zero-order valence-electron chi connectivity index (χ0n) is 14.8. The van der Waals surface area contributed by atoms with Gasteiger partial charge in [0.2, 0.25) is 0 Å². The Hall–Kier alpha value is -2.58. The third kappa shape index (κ3) is 4.53. The molecular formula is C17H23ClN6O2. The maximum atomic E-state index is 12.4. The predicted molar refractivity (Wildman–Crippen MR) is 102 cm³/mol. The zero-order valence-corrected chi connectivity index (χ0v) is 15.6. The number of nitrogens with one attached hydrogen (secondary N) is 4. The van der Waals surface area contributed by atoms with E-state index in [1.807, 2.05) is 24.3 Å². The second-order valence-corrected chi connectivity index (χ2v) is 6.16. The number of nitrogens with zero attached hydrogens (tertiary/aromatic N) is 2. The third-order valence-electron chi connectivity index (χ3n) is 4.06. The highest BCUT2D eigenvalue weighted by Gasteiger charge is 2.21. The molecule has 2 heterocycles. The van der Waals surface area contributed by atoms with Crippen LogP contribution in [0.2, 0.25) is 0 Å². The van der Waals surface area contributed by atoms with Gasteiger partial charge in [0.25, 0.3) is 5.91 Å². The van der Waals surface area contributed by atoms with Crippen molar-refractivity contribution in [2.24, 2.45) is 0 Å². The fourth-order valence-corrected chi connectivity index (χ4v) is 2.67. The molecule has 9 heteroatoms. The van der Waals surface area contributed by atoms with Crippen molar-refractivity contribution in [3.05, 3.63) is 46.8 Å². The van der Waals surface area contributed by atoms with Crippen LogP contribution in [0.1, 0.15) is 27.3 Å². The van der Waals surface area contributed by atoms with Crippen molar-refractivity contribution in [1.29, 1.82) is 0 Å². The predicted octanol–water partition coefficient (Wildman–Crippen LogP) is 1.50. The van der Waals surface area contributed by atoms with Crippen LogP contribution in [0.4, 0.5) is 10.5 Å². The lowest BCUT2D eigenvalue weighted by atomic mass is 10.1. The van der Waals surface area contributed by atoms with Gasteiger partial charge >= 0.3 is 6.03 Å². The fraction of sp³-hybridized carbons (Fsp3) is 0.353. The Morgan fingerprint density at radius 3 is 2.88 bits per heavy atom. The number of aromatic amines is 1. The van der Waals surface area contributed by atoms with Crippen molar-refractivity contribution in [3.8, 4) is 0 Å². The molecule has 3 amide bonds. The molecule has 0 aliphatic carbocycles. The number of fused-ring (bicyclic) bond motifs is 1. The largest absolute Gasteiger partial charge is 0.347 e. The van der Waals surface area contributed by atoms with E-state index in [2.05, 4.69) is 26.1 Å². The summed E-state index contributed by atoms with van der Waals surface area (Å²) in [5.74, 6) is -0.205. The van der Waals surface area contributed by atoms with Crippen LogP contribution in [0.15, 0.2) is 24.3 Å². The number of carbonyl (C=O) groups excluding carboxylic acids is 2. The van der Waals surface area contributed by atoms with Crippen LogP contribution in [0.3, 0.4) is 0 Å². The molecule has 0 saturated heterocycles. The molecule has 1 aliphatic heterocycles. The van der Waals surface area contributed by atoms with Crippen LogP contribution in [-0.4, -0.2) is 47.7 Å². The molecule has 0 bridgehead atoms. The van der Waals surface area contributed by atoms with Gasteiger partial charge in [-0.3, -0.25) is 9.89 Å². The number of carbonyl (C=O) groups is 2. The lowest BCUT2D eigenvalue weighted by molar-refractivity contribution is 0.0944. The topological polar surface area (TPSA) is 102 Å². The summed E-state index contributed by atoms with van der Waals surface area (Å²) in [7, 11) is 3.36. The molecule has 1 aromatic heterocycles. The van der Waals surface area contributed by atoms with E-state index in [9.17, 15) is 9.59 Å². The number of urea groups is 1. The molecule has 26 heavy (non-hydrogen) atoms. The van der Waals surface area contributed by atoms with E-state index in [1.165, 1.54) is 4.90 Å². The maximum absolute atomic E-state index is 12.4. The van der Waals surface area contributed by atoms with Crippen LogP contribution >= 0.6 is 12.4 Å². The van der Waals surface area contributed by atoms with Crippen LogP contribution < -0.4 is 16.0 Å². The first-order valence-corrected chi connectivity index (χ1v) is 8.17. The molecule has 1 aromatic carbocycles. The summed E-state index contributed by atoms with van der Waals surface area (Å²) < 4.78 is 0.